The molecule has 0 fully saturated rings. The van der Waals surface area contributed by atoms with Gasteiger partial charge in [-0.3, -0.25) is 0 Å². The van der Waals surface area contributed by atoms with E-state index in [0.717, 1.165) is 39.4 Å². The molecule has 23 heavy (non-hydrogen) atoms. The van der Waals surface area contributed by atoms with Gasteiger partial charge in [0.05, 0.1) is 17.0 Å². The monoisotopic (exact) mass is 303 g/mol. The van der Waals surface area contributed by atoms with Crippen LogP contribution in [0.25, 0.3) is 28.0 Å². The molecule has 0 bridgehead atoms. The highest BCUT2D eigenvalue weighted by molar-refractivity contribution is 5.84. The van der Waals surface area contributed by atoms with Gasteiger partial charge in [-0.25, -0.2) is 4.98 Å². The van der Waals surface area contributed by atoms with Crippen LogP contribution in [-0.2, 0) is 0 Å². The third-order valence-electron chi connectivity index (χ3n) is 4.17. The van der Waals surface area contributed by atoms with Gasteiger partial charge in [0.25, 0.3) is 0 Å². The lowest BCUT2D eigenvalue weighted by molar-refractivity contribution is 0.393. The van der Waals surface area contributed by atoms with Crippen LogP contribution in [-0.4, -0.2) is 14.7 Å². The number of para-hydroxylation sites is 1. The van der Waals surface area contributed by atoms with Gasteiger partial charge in [0.15, 0.2) is 0 Å². The van der Waals surface area contributed by atoms with E-state index in [4.69, 9.17) is 9.51 Å². The molecular formula is C19H17N3O. The molecule has 0 unspecified atom stereocenters. The summed E-state index contributed by atoms with van der Waals surface area (Å²) in [6, 6.07) is 14.4. The molecule has 4 heteroatoms. The number of nitrogens with zero attached hydrogens (tertiary/aromatic N) is 3. The fraction of sp³-hybridized carbons (Fsp3) is 0.158. The van der Waals surface area contributed by atoms with E-state index in [9.17, 15) is 0 Å². The number of aryl methyl sites for hydroxylation is 3. The molecule has 4 aromatic rings. The van der Waals surface area contributed by atoms with Crippen molar-refractivity contribution in [3.8, 4) is 16.9 Å². The van der Waals surface area contributed by atoms with Crippen LogP contribution < -0.4 is 0 Å². The molecule has 0 atom stereocenters. The van der Waals surface area contributed by atoms with Crippen molar-refractivity contribution in [3.05, 3.63) is 65.7 Å². The molecule has 0 saturated carbocycles. The van der Waals surface area contributed by atoms with E-state index in [-0.39, 0.29) is 0 Å². The zero-order valence-corrected chi connectivity index (χ0v) is 13.4. The van der Waals surface area contributed by atoms with Crippen molar-refractivity contribution in [1.82, 2.24) is 14.7 Å². The Hall–Kier alpha value is -2.88. The lowest BCUT2D eigenvalue weighted by atomic mass is 10.1. The Morgan fingerprint density at radius 3 is 2.43 bits per heavy atom. The summed E-state index contributed by atoms with van der Waals surface area (Å²) in [6.45, 7) is 5.97. The SMILES string of the molecule is Cc1noc(C)c1-c1ccc2c(C)cn(-c3ccccc3)c2n1. The van der Waals surface area contributed by atoms with E-state index in [1.807, 2.05) is 38.1 Å². The van der Waals surface area contributed by atoms with Crippen LogP contribution in [0.1, 0.15) is 17.0 Å². The smallest absolute Gasteiger partial charge is 0.145 e. The Balaban J connectivity index is 1.98. The van der Waals surface area contributed by atoms with Crippen LogP contribution in [0.2, 0.25) is 0 Å². The molecule has 0 spiro atoms. The summed E-state index contributed by atoms with van der Waals surface area (Å²) in [5, 5.41) is 5.19. The van der Waals surface area contributed by atoms with Gasteiger partial charge in [0.1, 0.15) is 11.4 Å². The summed E-state index contributed by atoms with van der Waals surface area (Å²) in [4.78, 5) is 4.90. The Morgan fingerprint density at radius 2 is 1.74 bits per heavy atom. The number of benzene rings is 1. The summed E-state index contributed by atoms with van der Waals surface area (Å²) in [6.07, 6.45) is 2.13. The van der Waals surface area contributed by atoms with Crippen LogP contribution in [0.3, 0.4) is 0 Å². The summed E-state index contributed by atoms with van der Waals surface area (Å²) in [5.41, 5.74) is 6.00. The predicted octanol–water partition coefficient (Wildman–Crippen LogP) is 4.61. The first-order valence-corrected chi connectivity index (χ1v) is 7.62. The first-order valence-electron chi connectivity index (χ1n) is 7.62. The van der Waals surface area contributed by atoms with E-state index in [1.165, 1.54) is 5.56 Å². The molecule has 3 heterocycles. The molecule has 0 aliphatic heterocycles. The fourth-order valence-electron chi connectivity index (χ4n) is 3.04. The van der Waals surface area contributed by atoms with Gasteiger partial charge in [0, 0.05) is 17.3 Å². The minimum atomic E-state index is 0.795. The van der Waals surface area contributed by atoms with Crippen LogP contribution >= 0.6 is 0 Å². The maximum Gasteiger partial charge on any atom is 0.145 e. The molecule has 4 nitrogen and oxygen atoms in total. The van der Waals surface area contributed by atoms with Crippen LogP contribution in [0, 0.1) is 20.8 Å². The van der Waals surface area contributed by atoms with Crippen molar-refractivity contribution in [2.75, 3.05) is 0 Å². The molecule has 0 aliphatic rings. The molecule has 1 aromatic carbocycles. The Labute approximate surface area is 134 Å². The van der Waals surface area contributed by atoms with E-state index >= 15 is 0 Å². The largest absolute Gasteiger partial charge is 0.361 e. The second kappa shape index (κ2) is 5.09. The maximum absolute atomic E-state index is 5.29. The molecular weight excluding hydrogens is 286 g/mol. The van der Waals surface area contributed by atoms with Gasteiger partial charge < -0.3 is 9.09 Å². The molecule has 0 amide bonds. The molecule has 0 N–H and O–H groups in total. The van der Waals surface area contributed by atoms with Crippen molar-refractivity contribution in [3.63, 3.8) is 0 Å². The zero-order valence-electron chi connectivity index (χ0n) is 13.4. The number of rotatable bonds is 2. The topological polar surface area (TPSA) is 43.9 Å². The Bertz CT molecular complexity index is 977. The third kappa shape index (κ3) is 2.14. The lowest BCUT2D eigenvalue weighted by Crippen LogP contribution is -1.95. The predicted molar refractivity (Wildman–Crippen MR) is 90.8 cm³/mol. The molecule has 0 radical (unpaired) electrons. The van der Waals surface area contributed by atoms with Gasteiger partial charge in [-0.15, -0.1) is 0 Å². The molecule has 4 rings (SSSR count). The average Bonchev–Trinajstić information content (AvgIpc) is 3.08. The standard InChI is InChI=1S/C19H17N3O/c1-12-11-22(15-7-5-4-6-8-15)19-16(12)9-10-17(20-19)18-13(2)21-23-14(18)3/h4-11H,1-3H3. The second-order valence-corrected chi connectivity index (χ2v) is 5.78. The Morgan fingerprint density at radius 1 is 0.957 bits per heavy atom. The van der Waals surface area contributed by atoms with Gasteiger partial charge in [-0.1, -0.05) is 23.4 Å². The minimum absolute atomic E-state index is 0.795. The normalized spacial score (nSPS) is 11.3. The van der Waals surface area contributed by atoms with Gasteiger partial charge in [-0.2, -0.15) is 0 Å². The van der Waals surface area contributed by atoms with Crippen LogP contribution in [0.4, 0.5) is 0 Å². The first-order chi connectivity index (χ1) is 11.1. The van der Waals surface area contributed by atoms with E-state index in [2.05, 4.69) is 41.0 Å². The summed E-state index contributed by atoms with van der Waals surface area (Å²) >= 11 is 0. The Kier molecular flexibility index (Phi) is 3.05. The van der Waals surface area contributed by atoms with E-state index in [1.54, 1.807) is 0 Å². The highest BCUT2D eigenvalue weighted by Crippen LogP contribution is 2.29. The van der Waals surface area contributed by atoms with Gasteiger partial charge >= 0.3 is 0 Å². The zero-order chi connectivity index (χ0) is 16.0. The summed E-state index contributed by atoms with van der Waals surface area (Å²) < 4.78 is 7.42. The number of aromatic nitrogens is 3. The number of hydrogen-bond acceptors (Lipinski definition) is 3. The maximum atomic E-state index is 5.29. The van der Waals surface area contributed by atoms with Crippen molar-refractivity contribution in [1.29, 1.82) is 0 Å². The van der Waals surface area contributed by atoms with Crippen molar-refractivity contribution in [2.45, 2.75) is 20.8 Å². The highest BCUT2D eigenvalue weighted by Gasteiger charge is 2.15. The number of hydrogen-bond donors (Lipinski definition) is 0. The first kappa shape index (κ1) is 13.8. The van der Waals surface area contributed by atoms with Crippen LogP contribution in [0.15, 0.2) is 53.2 Å². The number of pyridine rings is 1. The van der Waals surface area contributed by atoms with Crippen LogP contribution in [0.5, 0.6) is 0 Å². The van der Waals surface area contributed by atoms with Crippen molar-refractivity contribution in [2.24, 2.45) is 0 Å². The van der Waals surface area contributed by atoms with Crippen molar-refractivity contribution < 1.29 is 4.52 Å². The minimum Gasteiger partial charge on any atom is -0.361 e. The molecule has 114 valence electrons. The third-order valence-corrected chi connectivity index (χ3v) is 4.17. The molecule has 3 aromatic heterocycles. The average molecular weight is 303 g/mol. The lowest BCUT2D eigenvalue weighted by Gasteiger charge is -2.06. The molecule has 0 saturated heterocycles. The number of fused-ring (bicyclic) bond motifs is 1. The van der Waals surface area contributed by atoms with Crippen molar-refractivity contribution >= 4 is 11.0 Å². The second-order valence-electron chi connectivity index (χ2n) is 5.78. The fourth-order valence-corrected chi connectivity index (χ4v) is 3.04. The quantitative estimate of drug-likeness (QED) is 0.543. The summed E-state index contributed by atoms with van der Waals surface area (Å²) in [5.74, 6) is 0.795. The molecule has 0 aliphatic carbocycles. The highest BCUT2D eigenvalue weighted by atomic mass is 16.5. The van der Waals surface area contributed by atoms with E-state index < -0.39 is 0 Å². The van der Waals surface area contributed by atoms with Gasteiger partial charge in [0.2, 0.25) is 0 Å². The van der Waals surface area contributed by atoms with Gasteiger partial charge in [-0.05, 0) is 50.6 Å². The summed E-state index contributed by atoms with van der Waals surface area (Å²) in [7, 11) is 0. The van der Waals surface area contributed by atoms with E-state index in [0.29, 0.717) is 0 Å².